The molecule has 4 amide bonds. The van der Waals surface area contributed by atoms with Gasteiger partial charge in [0.1, 0.15) is 17.6 Å². The molecule has 12 heteroatoms. The number of carboxylic acids is 1. The molecule has 0 spiro atoms. The van der Waals surface area contributed by atoms with Crippen LogP contribution in [0.25, 0.3) is 0 Å². The van der Waals surface area contributed by atoms with E-state index in [0.29, 0.717) is 57.8 Å². The van der Waals surface area contributed by atoms with Crippen LogP contribution in [0.3, 0.4) is 0 Å². The van der Waals surface area contributed by atoms with Crippen LogP contribution in [0, 0.1) is 0 Å². The second kappa shape index (κ2) is 14.0. The molecule has 2 fully saturated rings. The van der Waals surface area contributed by atoms with Gasteiger partial charge in [-0.1, -0.05) is 32.1 Å². The van der Waals surface area contributed by atoms with Crippen molar-refractivity contribution in [3.63, 3.8) is 0 Å². The summed E-state index contributed by atoms with van der Waals surface area (Å²) in [5.41, 5.74) is 0.350. The Morgan fingerprint density at radius 1 is 1.00 bits per heavy atom. The van der Waals surface area contributed by atoms with E-state index in [1.54, 1.807) is 5.48 Å². The summed E-state index contributed by atoms with van der Waals surface area (Å²) in [7, 11) is 0. The molecule has 3 atom stereocenters. The van der Waals surface area contributed by atoms with E-state index in [1.807, 2.05) is 0 Å². The summed E-state index contributed by atoms with van der Waals surface area (Å²) in [5.74, 6) is -2.94. The summed E-state index contributed by atoms with van der Waals surface area (Å²) in [6.45, 7) is 2.10. The SMILES string of the molecule is C[C@H](NC(=O)C1(NC(=O)[C@H](CCCCCC(=O)NO)NC(=O)[C@@H]2CCCN2)CCCCC1)C(=O)O. The molecule has 0 aromatic carbocycles. The first-order valence-electron chi connectivity index (χ1n) is 12.5. The second-order valence-electron chi connectivity index (χ2n) is 9.51. The largest absolute Gasteiger partial charge is 0.480 e. The molecule has 1 aliphatic carbocycles. The Morgan fingerprint density at radius 3 is 2.31 bits per heavy atom. The van der Waals surface area contributed by atoms with Gasteiger partial charge in [-0.3, -0.25) is 29.2 Å². The van der Waals surface area contributed by atoms with Gasteiger partial charge in [-0.15, -0.1) is 0 Å². The van der Waals surface area contributed by atoms with Crippen molar-refractivity contribution in [1.82, 2.24) is 26.7 Å². The van der Waals surface area contributed by atoms with E-state index in [2.05, 4.69) is 21.3 Å². The van der Waals surface area contributed by atoms with Crippen LogP contribution in [0.1, 0.15) is 84.0 Å². The molecule has 0 bridgehead atoms. The van der Waals surface area contributed by atoms with Crippen molar-refractivity contribution in [3.05, 3.63) is 0 Å². The molecule has 35 heavy (non-hydrogen) atoms. The average molecular weight is 498 g/mol. The fraction of sp³-hybridized carbons (Fsp3) is 0.783. The number of hydrogen-bond acceptors (Lipinski definition) is 7. The monoisotopic (exact) mass is 497 g/mol. The first-order chi connectivity index (χ1) is 16.7. The molecule has 0 aromatic rings. The lowest BCUT2D eigenvalue weighted by atomic mass is 9.80. The number of amides is 4. The van der Waals surface area contributed by atoms with E-state index in [4.69, 9.17) is 5.21 Å². The van der Waals surface area contributed by atoms with E-state index >= 15 is 0 Å². The highest BCUT2D eigenvalue weighted by atomic mass is 16.5. The molecule has 198 valence electrons. The number of aliphatic carboxylic acids is 1. The molecule has 2 aliphatic rings. The first-order valence-corrected chi connectivity index (χ1v) is 12.5. The van der Waals surface area contributed by atoms with E-state index in [1.165, 1.54) is 6.92 Å². The van der Waals surface area contributed by atoms with E-state index in [0.717, 1.165) is 19.4 Å². The minimum atomic E-state index is -1.23. The molecule has 0 radical (unpaired) electrons. The summed E-state index contributed by atoms with van der Waals surface area (Å²) < 4.78 is 0. The molecule has 2 rings (SSSR count). The van der Waals surface area contributed by atoms with Gasteiger partial charge in [0.15, 0.2) is 0 Å². The van der Waals surface area contributed by atoms with Crippen LogP contribution in [0.15, 0.2) is 0 Å². The number of rotatable bonds is 13. The number of carbonyl (C=O) groups excluding carboxylic acids is 4. The van der Waals surface area contributed by atoms with Crippen molar-refractivity contribution in [2.75, 3.05) is 6.54 Å². The van der Waals surface area contributed by atoms with Gasteiger partial charge in [0.05, 0.1) is 6.04 Å². The van der Waals surface area contributed by atoms with Crippen LogP contribution in [-0.4, -0.2) is 70.1 Å². The topological polar surface area (TPSA) is 186 Å². The van der Waals surface area contributed by atoms with Crippen LogP contribution in [0.2, 0.25) is 0 Å². The normalized spacial score (nSPS) is 20.8. The maximum absolute atomic E-state index is 13.4. The van der Waals surface area contributed by atoms with Crippen LogP contribution in [0.4, 0.5) is 0 Å². The van der Waals surface area contributed by atoms with E-state index < -0.39 is 41.3 Å². The van der Waals surface area contributed by atoms with E-state index in [-0.39, 0.29) is 18.4 Å². The van der Waals surface area contributed by atoms with Crippen molar-refractivity contribution in [1.29, 1.82) is 0 Å². The van der Waals surface area contributed by atoms with Crippen LogP contribution >= 0.6 is 0 Å². The minimum absolute atomic E-state index is 0.150. The third-order valence-electron chi connectivity index (χ3n) is 6.75. The molecule has 0 aromatic heterocycles. The van der Waals surface area contributed by atoms with E-state index in [9.17, 15) is 29.1 Å². The summed E-state index contributed by atoms with van der Waals surface area (Å²) in [6.07, 6.45) is 6.79. The van der Waals surface area contributed by atoms with Gasteiger partial charge in [-0.05, 0) is 52.0 Å². The Morgan fingerprint density at radius 2 is 1.71 bits per heavy atom. The maximum atomic E-state index is 13.4. The molecule has 1 aliphatic heterocycles. The third kappa shape index (κ3) is 8.77. The average Bonchev–Trinajstić information content (AvgIpc) is 3.38. The lowest BCUT2D eigenvalue weighted by molar-refractivity contribution is -0.143. The molecule has 0 unspecified atom stereocenters. The van der Waals surface area contributed by atoms with Crippen molar-refractivity contribution in [3.8, 4) is 0 Å². The number of unbranched alkanes of at least 4 members (excludes halogenated alkanes) is 2. The van der Waals surface area contributed by atoms with Gasteiger partial charge in [0.25, 0.3) is 0 Å². The zero-order valence-electron chi connectivity index (χ0n) is 20.4. The highest BCUT2D eigenvalue weighted by Gasteiger charge is 2.43. The number of nitrogens with one attached hydrogen (secondary N) is 5. The van der Waals surface area contributed by atoms with Gasteiger partial charge in [0.2, 0.25) is 23.6 Å². The highest BCUT2D eigenvalue weighted by Crippen LogP contribution is 2.29. The Labute approximate surface area is 205 Å². The zero-order chi connectivity index (χ0) is 25.8. The fourth-order valence-corrected chi connectivity index (χ4v) is 4.60. The predicted octanol–water partition coefficient (Wildman–Crippen LogP) is 0.0875. The van der Waals surface area contributed by atoms with Gasteiger partial charge in [0, 0.05) is 6.42 Å². The number of carbonyl (C=O) groups is 5. The van der Waals surface area contributed by atoms with Crippen molar-refractivity contribution in [2.24, 2.45) is 0 Å². The Kier molecular flexibility index (Phi) is 11.4. The number of hydroxylamine groups is 1. The van der Waals surface area contributed by atoms with Crippen molar-refractivity contribution < 1.29 is 34.3 Å². The Hall–Kier alpha value is -2.73. The zero-order valence-corrected chi connectivity index (χ0v) is 20.4. The van der Waals surface area contributed by atoms with Gasteiger partial charge in [-0.25, -0.2) is 5.48 Å². The molecule has 1 saturated heterocycles. The molecule has 7 N–H and O–H groups in total. The standard InChI is InChI=1S/C23H39N5O7/c1-15(21(32)33)25-22(34)23(12-6-3-7-13-23)27-20(31)17(9-4-2-5-11-18(29)28-35)26-19(30)16-10-8-14-24-16/h15-17,24,35H,2-14H2,1H3,(H,25,34)(H,26,30)(H,27,31)(H,28,29)(H,32,33)/t15-,16-,17-/m0/s1. The molecule has 12 nitrogen and oxygen atoms in total. The van der Waals surface area contributed by atoms with Crippen LogP contribution < -0.4 is 26.7 Å². The van der Waals surface area contributed by atoms with Gasteiger partial charge < -0.3 is 26.4 Å². The minimum Gasteiger partial charge on any atom is -0.480 e. The fourth-order valence-electron chi connectivity index (χ4n) is 4.60. The maximum Gasteiger partial charge on any atom is 0.325 e. The summed E-state index contributed by atoms with van der Waals surface area (Å²) in [4.78, 5) is 61.6. The first kappa shape index (κ1) is 28.5. The highest BCUT2D eigenvalue weighted by molar-refractivity contribution is 5.96. The summed E-state index contributed by atoms with van der Waals surface area (Å²) in [6, 6.07) is -2.35. The molecular weight excluding hydrogens is 458 g/mol. The molecular formula is C23H39N5O7. The Bertz CT molecular complexity index is 763. The lowest BCUT2D eigenvalue weighted by Crippen LogP contribution is -2.64. The van der Waals surface area contributed by atoms with Crippen LogP contribution in [0.5, 0.6) is 0 Å². The summed E-state index contributed by atoms with van der Waals surface area (Å²) in [5, 5.41) is 29.0. The van der Waals surface area contributed by atoms with Crippen LogP contribution in [-0.2, 0) is 24.0 Å². The number of carboxylic acid groups (broad SMARTS) is 1. The number of hydrogen-bond donors (Lipinski definition) is 7. The molecule has 1 saturated carbocycles. The third-order valence-corrected chi connectivity index (χ3v) is 6.75. The van der Waals surface area contributed by atoms with Crippen molar-refractivity contribution >= 4 is 29.6 Å². The van der Waals surface area contributed by atoms with Crippen molar-refractivity contribution in [2.45, 2.75) is 108 Å². The second-order valence-corrected chi connectivity index (χ2v) is 9.51. The Balaban J connectivity index is 2.08. The van der Waals surface area contributed by atoms with Gasteiger partial charge >= 0.3 is 5.97 Å². The predicted molar refractivity (Wildman–Crippen MR) is 125 cm³/mol. The quantitative estimate of drug-likeness (QED) is 0.106. The summed E-state index contributed by atoms with van der Waals surface area (Å²) >= 11 is 0. The van der Waals surface area contributed by atoms with Gasteiger partial charge in [-0.2, -0.15) is 0 Å². The lowest BCUT2D eigenvalue weighted by Gasteiger charge is -2.38. The molecule has 1 heterocycles. The smallest absolute Gasteiger partial charge is 0.325 e.